The predicted molar refractivity (Wildman–Crippen MR) is 50.0 cm³/mol. The van der Waals surface area contributed by atoms with Gasteiger partial charge in [-0.15, -0.1) is 0 Å². The fourth-order valence-corrected chi connectivity index (χ4v) is 1.22. The second kappa shape index (κ2) is 5.08. The normalized spacial score (nSPS) is 17.1. The summed E-state index contributed by atoms with van der Waals surface area (Å²) in [7, 11) is 0. The highest BCUT2D eigenvalue weighted by atomic mass is 19.4. The molecule has 0 heterocycles. The third-order valence-electron chi connectivity index (χ3n) is 1.83. The molecule has 0 amide bonds. The molecule has 1 aliphatic rings. The topological polar surface area (TPSA) is 20.2 Å². The number of allylic oxidation sites excluding steroid dienone is 4. The molecule has 0 spiro atoms. The lowest BCUT2D eigenvalue weighted by atomic mass is 9.97. The Bertz CT molecular complexity index is 249. The number of rotatable bonds is 0. The van der Waals surface area contributed by atoms with Crippen molar-refractivity contribution < 1.29 is 18.3 Å². The van der Waals surface area contributed by atoms with Crippen molar-refractivity contribution in [3.63, 3.8) is 0 Å². The Balaban J connectivity index is 0.000000791. The molecule has 0 saturated heterocycles. The molecule has 1 rings (SSSR count). The van der Waals surface area contributed by atoms with Crippen molar-refractivity contribution >= 4 is 0 Å². The molecule has 0 radical (unpaired) electrons. The molecule has 82 valence electrons. The van der Waals surface area contributed by atoms with Crippen LogP contribution in [0.3, 0.4) is 0 Å². The van der Waals surface area contributed by atoms with Gasteiger partial charge in [0.1, 0.15) is 0 Å². The predicted octanol–water partition coefficient (Wildman–Crippen LogP) is 4.13. The van der Waals surface area contributed by atoms with Gasteiger partial charge in [0.25, 0.3) is 0 Å². The Morgan fingerprint density at radius 3 is 2.07 bits per heavy atom. The zero-order chi connectivity index (χ0) is 11.4. The summed E-state index contributed by atoms with van der Waals surface area (Å²) >= 11 is 0. The summed E-state index contributed by atoms with van der Waals surface area (Å²) in [6.07, 6.45) is -3.10. The van der Waals surface area contributed by atoms with E-state index in [2.05, 4.69) is 0 Å². The summed E-state index contributed by atoms with van der Waals surface area (Å²) in [5, 5.41) is 8.92. The third-order valence-corrected chi connectivity index (χ3v) is 1.83. The summed E-state index contributed by atoms with van der Waals surface area (Å²) in [6, 6.07) is 0. The molecule has 0 saturated carbocycles. The van der Waals surface area contributed by atoms with Gasteiger partial charge in [0, 0.05) is 12.0 Å². The fraction of sp³-hybridized carbons (Fsp3) is 0.600. The van der Waals surface area contributed by atoms with Crippen LogP contribution >= 0.6 is 0 Å². The Hall–Kier alpha value is -0.930. The highest BCUT2D eigenvalue weighted by Crippen LogP contribution is 2.35. The Labute approximate surface area is 81.9 Å². The van der Waals surface area contributed by atoms with Gasteiger partial charge in [0.2, 0.25) is 0 Å². The molecular weight excluding hydrogens is 193 g/mol. The maximum Gasteiger partial charge on any atom is 0.412 e. The molecule has 4 heteroatoms. The van der Waals surface area contributed by atoms with Crippen LogP contribution in [0.5, 0.6) is 0 Å². The molecule has 0 aromatic heterocycles. The first-order valence-electron chi connectivity index (χ1n) is 4.58. The molecule has 0 aromatic rings. The van der Waals surface area contributed by atoms with E-state index in [1.165, 1.54) is 13.0 Å². The first kappa shape index (κ1) is 13.1. The van der Waals surface area contributed by atoms with Crippen LogP contribution in [-0.4, -0.2) is 11.3 Å². The van der Waals surface area contributed by atoms with Crippen LogP contribution < -0.4 is 0 Å². The van der Waals surface area contributed by atoms with Crippen LogP contribution in [-0.2, 0) is 0 Å². The maximum atomic E-state index is 12.2. The van der Waals surface area contributed by atoms with E-state index in [-0.39, 0.29) is 24.2 Å². The van der Waals surface area contributed by atoms with Crippen molar-refractivity contribution in [3.8, 4) is 0 Å². The third kappa shape index (κ3) is 3.44. The van der Waals surface area contributed by atoms with Gasteiger partial charge in [0.15, 0.2) is 0 Å². The minimum absolute atomic E-state index is 0.0282. The van der Waals surface area contributed by atoms with E-state index in [4.69, 9.17) is 5.11 Å². The Morgan fingerprint density at radius 2 is 1.71 bits per heavy atom. The average Bonchev–Trinajstić information content (AvgIpc) is 2.05. The van der Waals surface area contributed by atoms with Crippen molar-refractivity contribution in [2.24, 2.45) is 0 Å². The van der Waals surface area contributed by atoms with E-state index in [1.807, 2.05) is 13.8 Å². The van der Waals surface area contributed by atoms with Gasteiger partial charge < -0.3 is 5.11 Å². The first-order chi connectivity index (χ1) is 6.41. The molecule has 0 fully saturated rings. The first-order valence-corrected chi connectivity index (χ1v) is 4.58. The number of halogens is 3. The van der Waals surface area contributed by atoms with Crippen molar-refractivity contribution in [2.75, 3.05) is 0 Å². The summed E-state index contributed by atoms with van der Waals surface area (Å²) in [6.45, 7) is 5.36. The highest BCUT2D eigenvalue weighted by Gasteiger charge is 2.35. The van der Waals surface area contributed by atoms with Crippen LogP contribution in [0.2, 0.25) is 0 Å². The number of aliphatic hydroxyl groups excluding tert-OH is 1. The van der Waals surface area contributed by atoms with Crippen LogP contribution in [0.25, 0.3) is 0 Å². The molecule has 14 heavy (non-hydrogen) atoms. The average molecular weight is 208 g/mol. The largest absolute Gasteiger partial charge is 0.512 e. The van der Waals surface area contributed by atoms with Gasteiger partial charge in [-0.1, -0.05) is 13.8 Å². The van der Waals surface area contributed by atoms with Gasteiger partial charge in [-0.2, -0.15) is 13.2 Å². The molecule has 0 aromatic carbocycles. The van der Waals surface area contributed by atoms with Gasteiger partial charge in [-0.3, -0.25) is 0 Å². The maximum absolute atomic E-state index is 12.2. The second-order valence-electron chi connectivity index (χ2n) is 2.80. The minimum Gasteiger partial charge on any atom is -0.512 e. The quantitative estimate of drug-likeness (QED) is 0.634. The zero-order valence-electron chi connectivity index (χ0n) is 8.57. The van der Waals surface area contributed by atoms with E-state index in [1.54, 1.807) is 0 Å². The van der Waals surface area contributed by atoms with Crippen molar-refractivity contribution in [3.05, 3.63) is 23.0 Å². The van der Waals surface area contributed by atoms with E-state index < -0.39 is 11.7 Å². The van der Waals surface area contributed by atoms with Crippen LogP contribution in [0.4, 0.5) is 13.2 Å². The smallest absolute Gasteiger partial charge is 0.412 e. The van der Waals surface area contributed by atoms with Gasteiger partial charge in [-0.05, 0) is 25.0 Å². The zero-order valence-corrected chi connectivity index (χ0v) is 8.57. The lowest BCUT2D eigenvalue weighted by Crippen LogP contribution is -2.15. The monoisotopic (exact) mass is 208 g/mol. The SMILES string of the molecule is CC.CC1=C(C(F)(F)F)CCC(O)=C1. The molecule has 1 N–H and O–H groups in total. The molecule has 0 unspecified atom stereocenters. The summed E-state index contributed by atoms with van der Waals surface area (Å²) < 4.78 is 36.5. The van der Waals surface area contributed by atoms with Crippen LogP contribution in [0.15, 0.2) is 23.0 Å². The Morgan fingerprint density at radius 1 is 1.21 bits per heavy atom. The van der Waals surface area contributed by atoms with Crippen molar-refractivity contribution in [1.82, 2.24) is 0 Å². The number of hydrogen-bond donors (Lipinski definition) is 1. The van der Waals surface area contributed by atoms with E-state index >= 15 is 0 Å². The fourth-order valence-electron chi connectivity index (χ4n) is 1.22. The van der Waals surface area contributed by atoms with Crippen LogP contribution in [0.1, 0.15) is 33.6 Å². The molecule has 0 atom stereocenters. The second-order valence-corrected chi connectivity index (χ2v) is 2.80. The van der Waals surface area contributed by atoms with Gasteiger partial charge in [-0.25, -0.2) is 0 Å². The minimum atomic E-state index is -4.25. The molecule has 1 aliphatic carbocycles. The molecule has 1 nitrogen and oxygen atoms in total. The van der Waals surface area contributed by atoms with E-state index in [0.717, 1.165) is 0 Å². The van der Waals surface area contributed by atoms with E-state index in [9.17, 15) is 13.2 Å². The lowest BCUT2D eigenvalue weighted by molar-refractivity contribution is -0.0950. The summed E-state index contributed by atoms with van der Waals surface area (Å²) in [5.74, 6) is 0.0282. The highest BCUT2D eigenvalue weighted by molar-refractivity contribution is 5.32. The van der Waals surface area contributed by atoms with Gasteiger partial charge >= 0.3 is 6.18 Å². The standard InChI is InChI=1S/C8H9F3O.C2H6/c1-5-4-6(12)2-3-7(5)8(9,10)11;1-2/h4,12H,2-3H2,1H3;1-2H3. The molecule has 0 aliphatic heterocycles. The van der Waals surface area contributed by atoms with E-state index in [0.29, 0.717) is 0 Å². The number of aliphatic hydroxyl groups is 1. The molecular formula is C10H15F3O. The summed E-state index contributed by atoms with van der Waals surface area (Å²) in [5.41, 5.74) is -0.411. The summed E-state index contributed by atoms with van der Waals surface area (Å²) in [4.78, 5) is 0. The lowest BCUT2D eigenvalue weighted by Gasteiger charge is -2.17. The molecule has 0 bridgehead atoms. The van der Waals surface area contributed by atoms with Crippen molar-refractivity contribution in [2.45, 2.75) is 39.8 Å². The number of alkyl halides is 3. The van der Waals surface area contributed by atoms with Gasteiger partial charge in [0.05, 0.1) is 5.76 Å². The number of hydrogen-bond acceptors (Lipinski definition) is 1. The van der Waals surface area contributed by atoms with Crippen molar-refractivity contribution in [1.29, 1.82) is 0 Å². The van der Waals surface area contributed by atoms with Crippen LogP contribution in [0, 0.1) is 0 Å². The Kier molecular flexibility index (Phi) is 4.74.